The predicted octanol–water partition coefficient (Wildman–Crippen LogP) is 1.64. The van der Waals surface area contributed by atoms with Gasteiger partial charge in [0.15, 0.2) is 0 Å². The molecule has 4 nitrogen and oxygen atoms in total. The minimum absolute atomic E-state index is 0.0547. The van der Waals surface area contributed by atoms with E-state index < -0.39 is 0 Å². The lowest BCUT2D eigenvalue weighted by Crippen LogP contribution is -2.32. The number of rotatable bonds is 2. The lowest BCUT2D eigenvalue weighted by molar-refractivity contribution is -0.122. The molecule has 20 heavy (non-hydrogen) atoms. The summed E-state index contributed by atoms with van der Waals surface area (Å²) < 4.78 is 13.6. The molecule has 1 heterocycles. The first-order valence-corrected chi connectivity index (χ1v) is 6.66. The van der Waals surface area contributed by atoms with Crippen molar-refractivity contribution in [3.63, 3.8) is 0 Å². The van der Waals surface area contributed by atoms with Gasteiger partial charge >= 0.3 is 0 Å². The van der Waals surface area contributed by atoms with Crippen LogP contribution in [0.4, 0.5) is 4.39 Å². The van der Waals surface area contributed by atoms with Crippen molar-refractivity contribution in [2.24, 2.45) is 17.6 Å². The Labute approximate surface area is 117 Å². The number of likely N-dealkylation sites (tertiary alicyclic amines) is 1. The second-order valence-electron chi connectivity index (χ2n) is 5.62. The molecule has 0 aromatic heterocycles. The average molecular weight is 278 g/mol. The molecule has 2 amide bonds. The minimum atomic E-state index is -0.376. The number of carbonyl (C=O) groups excluding carboxylic acids is 2. The molecule has 1 aromatic carbocycles. The SMILES string of the molecule is Cc1cc(C(=O)N2C[C@@H](C)[C@H](C(N)=O)C2)cc(C)c1F. The van der Waals surface area contributed by atoms with Gasteiger partial charge in [0, 0.05) is 18.7 Å². The number of hydrogen-bond acceptors (Lipinski definition) is 2. The van der Waals surface area contributed by atoms with Gasteiger partial charge in [0.25, 0.3) is 5.91 Å². The van der Waals surface area contributed by atoms with E-state index in [4.69, 9.17) is 5.73 Å². The molecule has 108 valence electrons. The fourth-order valence-corrected chi connectivity index (χ4v) is 2.75. The van der Waals surface area contributed by atoms with Crippen LogP contribution in [0.25, 0.3) is 0 Å². The molecule has 0 aliphatic carbocycles. The van der Waals surface area contributed by atoms with E-state index >= 15 is 0 Å². The average Bonchev–Trinajstić information content (AvgIpc) is 2.76. The summed E-state index contributed by atoms with van der Waals surface area (Å²) in [4.78, 5) is 25.3. The van der Waals surface area contributed by atoms with Crippen molar-refractivity contribution < 1.29 is 14.0 Å². The normalized spacial score (nSPS) is 22.1. The van der Waals surface area contributed by atoms with Gasteiger partial charge in [0.2, 0.25) is 5.91 Å². The van der Waals surface area contributed by atoms with Crippen molar-refractivity contribution in [1.82, 2.24) is 4.90 Å². The molecule has 0 radical (unpaired) electrons. The third-order valence-electron chi connectivity index (χ3n) is 3.95. The maximum atomic E-state index is 13.6. The van der Waals surface area contributed by atoms with E-state index in [9.17, 15) is 14.0 Å². The fraction of sp³-hybridized carbons (Fsp3) is 0.467. The van der Waals surface area contributed by atoms with E-state index in [0.717, 1.165) is 0 Å². The molecule has 1 aromatic rings. The number of nitrogens with zero attached hydrogens (tertiary/aromatic N) is 1. The van der Waals surface area contributed by atoms with Crippen molar-refractivity contribution in [3.8, 4) is 0 Å². The van der Waals surface area contributed by atoms with Gasteiger partial charge in [0.05, 0.1) is 5.92 Å². The van der Waals surface area contributed by atoms with Crippen molar-refractivity contribution >= 4 is 11.8 Å². The third kappa shape index (κ3) is 2.53. The number of halogens is 1. The summed E-state index contributed by atoms with van der Waals surface area (Å²) in [7, 11) is 0. The van der Waals surface area contributed by atoms with Crippen LogP contribution in [0, 0.1) is 31.5 Å². The Morgan fingerprint density at radius 3 is 2.25 bits per heavy atom. The highest BCUT2D eigenvalue weighted by Gasteiger charge is 2.36. The smallest absolute Gasteiger partial charge is 0.253 e. The Balaban J connectivity index is 2.23. The highest BCUT2D eigenvalue weighted by atomic mass is 19.1. The van der Waals surface area contributed by atoms with Crippen LogP contribution in [0.15, 0.2) is 12.1 Å². The second-order valence-corrected chi connectivity index (χ2v) is 5.62. The molecule has 5 heteroatoms. The van der Waals surface area contributed by atoms with Gasteiger partial charge in [0.1, 0.15) is 5.82 Å². The number of hydrogen-bond donors (Lipinski definition) is 1. The Hall–Kier alpha value is -1.91. The van der Waals surface area contributed by atoms with E-state index in [1.165, 1.54) is 0 Å². The van der Waals surface area contributed by atoms with E-state index in [1.807, 2.05) is 6.92 Å². The van der Waals surface area contributed by atoms with Crippen LogP contribution >= 0.6 is 0 Å². The maximum Gasteiger partial charge on any atom is 0.253 e. The van der Waals surface area contributed by atoms with E-state index in [0.29, 0.717) is 29.8 Å². The minimum Gasteiger partial charge on any atom is -0.369 e. The lowest BCUT2D eigenvalue weighted by atomic mass is 9.98. The summed E-state index contributed by atoms with van der Waals surface area (Å²) >= 11 is 0. The van der Waals surface area contributed by atoms with E-state index in [-0.39, 0.29) is 29.5 Å². The lowest BCUT2D eigenvalue weighted by Gasteiger charge is -2.17. The Bertz CT molecular complexity index is 548. The maximum absolute atomic E-state index is 13.6. The van der Waals surface area contributed by atoms with Crippen LogP contribution in [0.3, 0.4) is 0 Å². The van der Waals surface area contributed by atoms with Gasteiger partial charge in [-0.3, -0.25) is 9.59 Å². The summed E-state index contributed by atoms with van der Waals surface area (Å²) in [6, 6.07) is 3.10. The molecule has 2 rings (SSSR count). The van der Waals surface area contributed by atoms with Gasteiger partial charge in [-0.25, -0.2) is 4.39 Å². The molecule has 1 saturated heterocycles. The van der Waals surface area contributed by atoms with Crippen LogP contribution < -0.4 is 5.73 Å². The zero-order valence-corrected chi connectivity index (χ0v) is 11.9. The summed E-state index contributed by atoms with van der Waals surface area (Å²) in [6.07, 6.45) is 0. The number of carbonyl (C=O) groups is 2. The predicted molar refractivity (Wildman–Crippen MR) is 73.6 cm³/mol. The summed E-state index contributed by atoms with van der Waals surface area (Å²) in [6.45, 7) is 6.02. The molecule has 2 N–H and O–H groups in total. The Morgan fingerprint density at radius 2 is 1.80 bits per heavy atom. The fourth-order valence-electron chi connectivity index (χ4n) is 2.75. The Kier molecular flexibility index (Phi) is 3.79. The van der Waals surface area contributed by atoms with Gasteiger partial charge < -0.3 is 10.6 Å². The summed E-state index contributed by atoms with van der Waals surface area (Å²) in [5, 5.41) is 0. The highest BCUT2D eigenvalue weighted by Crippen LogP contribution is 2.25. The molecule has 1 fully saturated rings. The molecule has 0 spiro atoms. The van der Waals surface area contributed by atoms with Crippen molar-refractivity contribution in [2.75, 3.05) is 13.1 Å². The van der Waals surface area contributed by atoms with Crippen molar-refractivity contribution in [3.05, 3.63) is 34.6 Å². The number of primary amides is 1. The van der Waals surface area contributed by atoms with Gasteiger partial charge in [-0.2, -0.15) is 0 Å². The molecule has 0 unspecified atom stereocenters. The quantitative estimate of drug-likeness (QED) is 0.893. The molecular formula is C15H19FN2O2. The molecule has 2 atom stereocenters. The first-order valence-electron chi connectivity index (χ1n) is 6.66. The van der Waals surface area contributed by atoms with E-state index in [1.54, 1.807) is 30.9 Å². The van der Waals surface area contributed by atoms with Crippen molar-refractivity contribution in [2.45, 2.75) is 20.8 Å². The molecule has 0 bridgehead atoms. The van der Waals surface area contributed by atoms with E-state index in [2.05, 4.69) is 0 Å². The topological polar surface area (TPSA) is 63.4 Å². The zero-order valence-electron chi connectivity index (χ0n) is 11.9. The summed E-state index contributed by atoms with van der Waals surface area (Å²) in [5.74, 6) is -1.09. The molecule has 0 saturated carbocycles. The van der Waals surface area contributed by atoms with Gasteiger partial charge in [-0.1, -0.05) is 6.92 Å². The zero-order chi connectivity index (χ0) is 15.0. The largest absolute Gasteiger partial charge is 0.369 e. The highest BCUT2D eigenvalue weighted by molar-refractivity contribution is 5.95. The monoisotopic (exact) mass is 278 g/mol. The number of aryl methyl sites for hydroxylation is 2. The summed E-state index contributed by atoms with van der Waals surface area (Å²) in [5.41, 5.74) is 6.69. The third-order valence-corrected chi connectivity index (χ3v) is 3.95. The van der Waals surface area contributed by atoms with Crippen LogP contribution in [0.2, 0.25) is 0 Å². The number of benzene rings is 1. The first kappa shape index (κ1) is 14.5. The van der Waals surface area contributed by atoms with Crippen LogP contribution in [0.5, 0.6) is 0 Å². The van der Waals surface area contributed by atoms with Crippen LogP contribution in [0.1, 0.15) is 28.4 Å². The molecule has 1 aliphatic heterocycles. The van der Waals surface area contributed by atoms with Crippen LogP contribution in [-0.4, -0.2) is 29.8 Å². The molecular weight excluding hydrogens is 259 g/mol. The van der Waals surface area contributed by atoms with Gasteiger partial charge in [-0.05, 0) is 43.0 Å². The second kappa shape index (κ2) is 5.23. The van der Waals surface area contributed by atoms with Crippen molar-refractivity contribution in [1.29, 1.82) is 0 Å². The molecule has 1 aliphatic rings. The standard InChI is InChI=1S/C15H19FN2O2/c1-8-4-11(5-9(2)13(8)16)15(20)18-6-10(3)12(7-18)14(17)19/h4-5,10,12H,6-7H2,1-3H3,(H2,17,19)/t10-,12-/m1/s1. The number of amides is 2. The first-order chi connectivity index (χ1) is 9.31. The number of nitrogens with two attached hydrogens (primary N) is 1. The van der Waals surface area contributed by atoms with Gasteiger partial charge in [-0.15, -0.1) is 0 Å². The Morgan fingerprint density at radius 1 is 1.25 bits per heavy atom. The van der Waals surface area contributed by atoms with Crippen LogP contribution in [-0.2, 0) is 4.79 Å².